The predicted octanol–water partition coefficient (Wildman–Crippen LogP) is 3.40. The van der Waals surface area contributed by atoms with Gasteiger partial charge in [-0.3, -0.25) is 14.3 Å². The van der Waals surface area contributed by atoms with E-state index in [0.717, 1.165) is 30.5 Å². The van der Waals surface area contributed by atoms with Crippen LogP contribution in [-0.2, 0) is 11.3 Å². The van der Waals surface area contributed by atoms with Gasteiger partial charge in [-0.15, -0.1) is 0 Å². The number of aromatic nitrogens is 2. The van der Waals surface area contributed by atoms with E-state index in [2.05, 4.69) is 17.2 Å². The third-order valence-corrected chi connectivity index (χ3v) is 5.36. The van der Waals surface area contributed by atoms with Crippen molar-refractivity contribution in [3.05, 3.63) is 78.1 Å². The highest BCUT2D eigenvalue weighted by Gasteiger charge is 2.30. The molecule has 0 spiro atoms. The van der Waals surface area contributed by atoms with Gasteiger partial charge in [0.15, 0.2) is 0 Å². The third kappa shape index (κ3) is 4.21. The first-order valence-corrected chi connectivity index (χ1v) is 9.89. The number of benzene rings is 2. The van der Waals surface area contributed by atoms with Crippen molar-refractivity contribution in [1.29, 1.82) is 0 Å². The van der Waals surface area contributed by atoms with Crippen LogP contribution in [0.4, 0.5) is 0 Å². The van der Waals surface area contributed by atoms with Gasteiger partial charge in [0.2, 0.25) is 5.91 Å². The first kappa shape index (κ1) is 18.9. The summed E-state index contributed by atoms with van der Waals surface area (Å²) in [4.78, 5) is 26.2. The number of aryl methyl sites for hydroxylation is 1. The van der Waals surface area contributed by atoms with Crippen LogP contribution in [0.25, 0.3) is 11.1 Å². The molecular weight excluding hydrogens is 364 g/mol. The number of carbonyl (C=O) groups excluding carboxylic acids is 2. The average molecular weight is 388 g/mol. The lowest BCUT2D eigenvalue weighted by atomic mass is 10.0. The summed E-state index contributed by atoms with van der Waals surface area (Å²) in [6, 6.07) is 18.0. The average Bonchev–Trinajstić information content (AvgIpc) is 3.42. The summed E-state index contributed by atoms with van der Waals surface area (Å²) in [7, 11) is 0. The fraction of sp³-hybridized carbons (Fsp3) is 0.261. The predicted molar refractivity (Wildman–Crippen MR) is 111 cm³/mol. The van der Waals surface area contributed by atoms with Gasteiger partial charge in [-0.25, -0.2) is 0 Å². The van der Waals surface area contributed by atoms with Crippen LogP contribution in [0, 0.1) is 0 Å². The van der Waals surface area contributed by atoms with E-state index in [0.29, 0.717) is 12.1 Å². The quantitative estimate of drug-likeness (QED) is 0.703. The molecule has 1 atom stereocenters. The summed E-state index contributed by atoms with van der Waals surface area (Å²) in [5, 5.41) is 4.28. The van der Waals surface area contributed by atoms with Crippen LogP contribution < -0.4 is 5.73 Å². The van der Waals surface area contributed by atoms with Crippen LogP contribution in [0.1, 0.15) is 41.2 Å². The van der Waals surface area contributed by atoms with Gasteiger partial charge in [-0.05, 0) is 36.1 Å². The van der Waals surface area contributed by atoms with Crippen molar-refractivity contribution in [1.82, 2.24) is 14.7 Å². The lowest BCUT2D eigenvalue weighted by molar-refractivity contribution is -0.118. The molecule has 1 saturated heterocycles. The zero-order valence-electron chi connectivity index (χ0n) is 16.2. The number of rotatable bonds is 6. The number of amides is 2. The SMILES string of the molecule is NC(=O)CCn1cc(-c2cccc(C(=O)N3CCC[C@H]3c3ccccc3)c2)cn1. The molecule has 3 aromatic rings. The molecule has 0 unspecified atom stereocenters. The monoisotopic (exact) mass is 388 g/mol. The van der Waals surface area contributed by atoms with Crippen LogP contribution in [0.2, 0.25) is 0 Å². The molecule has 2 heterocycles. The second-order valence-electron chi connectivity index (χ2n) is 7.36. The summed E-state index contributed by atoms with van der Waals surface area (Å²) in [6.07, 6.45) is 5.86. The Hall–Kier alpha value is -3.41. The van der Waals surface area contributed by atoms with Crippen LogP contribution in [0.5, 0.6) is 0 Å². The Morgan fingerprint density at radius 2 is 1.90 bits per heavy atom. The minimum atomic E-state index is -0.353. The number of carbonyl (C=O) groups is 2. The number of hydrogen-bond acceptors (Lipinski definition) is 3. The molecule has 2 N–H and O–H groups in total. The fourth-order valence-electron chi connectivity index (χ4n) is 3.89. The van der Waals surface area contributed by atoms with Crippen molar-refractivity contribution in [2.75, 3.05) is 6.54 Å². The molecule has 1 aliphatic heterocycles. The molecule has 4 rings (SSSR count). The fourth-order valence-corrected chi connectivity index (χ4v) is 3.89. The molecule has 2 aromatic carbocycles. The van der Waals surface area contributed by atoms with Gasteiger partial charge in [-0.2, -0.15) is 5.10 Å². The molecule has 0 radical (unpaired) electrons. The van der Waals surface area contributed by atoms with E-state index in [1.807, 2.05) is 53.6 Å². The Kier molecular flexibility index (Phi) is 5.42. The smallest absolute Gasteiger partial charge is 0.254 e. The normalized spacial score (nSPS) is 16.1. The summed E-state index contributed by atoms with van der Waals surface area (Å²) in [6.45, 7) is 1.22. The van der Waals surface area contributed by atoms with Crippen molar-refractivity contribution in [2.45, 2.75) is 31.8 Å². The Morgan fingerprint density at radius 3 is 2.69 bits per heavy atom. The molecule has 0 aliphatic carbocycles. The van der Waals surface area contributed by atoms with Crippen LogP contribution in [-0.4, -0.2) is 33.0 Å². The molecule has 1 aliphatic rings. The second kappa shape index (κ2) is 8.31. The van der Waals surface area contributed by atoms with E-state index >= 15 is 0 Å². The lowest BCUT2D eigenvalue weighted by Crippen LogP contribution is -2.30. The van der Waals surface area contributed by atoms with Gasteiger partial charge in [0.05, 0.1) is 12.2 Å². The van der Waals surface area contributed by atoms with Gasteiger partial charge >= 0.3 is 0 Å². The Bertz CT molecular complexity index is 1010. The topological polar surface area (TPSA) is 81.2 Å². The number of likely N-dealkylation sites (tertiary alicyclic amines) is 1. The molecule has 148 valence electrons. The van der Waals surface area contributed by atoms with Crippen molar-refractivity contribution in [2.24, 2.45) is 5.73 Å². The largest absolute Gasteiger partial charge is 0.370 e. The van der Waals surface area contributed by atoms with Gasteiger partial charge in [-0.1, -0.05) is 42.5 Å². The highest BCUT2D eigenvalue weighted by Crippen LogP contribution is 2.33. The molecule has 0 saturated carbocycles. The number of primary amides is 1. The molecule has 6 heteroatoms. The molecule has 1 fully saturated rings. The highest BCUT2D eigenvalue weighted by molar-refractivity contribution is 5.96. The highest BCUT2D eigenvalue weighted by atomic mass is 16.2. The van der Waals surface area contributed by atoms with Gasteiger partial charge in [0, 0.05) is 36.8 Å². The standard InChI is InChI=1S/C23H24N4O2/c24-22(28)11-13-26-16-20(15-25-26)18-8-4-9-19(14-18)23(29)27-12-5-10-21(27)17-6-2-1-3-7-17/h1-4,6-9,14-16,21H,5,10-13H2,(H2,24,28)/t21-/m0/s1. The summed E-state index contributed by atoms with van der Waals surface area (Å²) < 4.78 is 1.69. The number of hydrogen-bond donors (Lipinski definition) is 1. The minimum absolute atomic E-state index is 0.0549. The minimum Gasteiger partial charge on any atom is -0.370 e. The lowest BCUT2D eigenvalue weighted by Gasteiger charge is -2.25. The van der Waals surface area contributed by atoms with E-state index in [1.54, 1.807) is 10.9 Å². The van der Waals surface area contributed by atoms with E-state index in [-0.39, 0.29) is 24.3 Å². The maximum absolute atomic E-state index is 13.3. The molecule has 29 heavy (non-hydrogen) atoms. The van der Waals surface area contributed by atoms with Crippen molar-refractivity contribution >= 4 is 11.8 Å². The molecule has 0 bridgehead atoms. The number of nitrogens with zero attached hydrogens (tertiary/aromatic N) is 3. The first-order valence-electron chi connectivity index (χ1n) is 9.89. The summed E-state index contributed by atoms with van der Waals surface area (Å²) in [5.41, 5.74) is 8.90. The summed E-state index contributed by atoms with van der Waals surface area (Å²) in [5.74, 6) is -0.299. The van der Waals surface area contributed by atoms with E-state index in [4.69, 9.17) is 5.73 Å². The molecular formula is C23H24N4O2. The van der Waals surface area contributed by atoms with Crippen LogP contribution in [0.15, 0.2) is 67.0 Å². The zero-order valence-corrected chi connectivity index (χ0v) is 16.2. The Morgan fingerprint density at radius 1 is 1.07 bits per heavy atom. The van der Waals surface area contributed by atoms with Gasteiger partial charge in [0.1, 0.15) is 0 Å². The van der Waals surface area contributed by atoms with E-state index < -0.39 is 0 Å². The number of nitrogens with two attached hydrogens (primary N) is 1. The van der Waals surface area contributed by atoms with Gasteiger partial charge < -0.3 is 10.6 Å². The van der Waals surface area contributed by atoms with Crippen LogP contribution >= 0.6 is 0 Å². The molecule has 1 aromatic heterocycles. The Balaban J connectivity index is 1.54. The van der Waals surface area contributed by atoms with E-state index in [1.165, 1.54) is 5.56 Å². The third-order valence-electron chi connectivity index (χ3n) is 5.36. The molecule has 6 nitrogen and oxygen atoms in total. The summed E-state index contributed by atoms with van der Waals surface area (Å²) >= 11 is 0. The zero-order chi connectivity index (χ0) is 20.2. The maximum Gasteiger partial charge on any atom is 0.254 e. The second-order valence-corrected chi connectivity index (χ2v) is 7.36. The van der Waals surface area contributed by atoms with Gasteiger partial charge in [0.25, 0.3) is 5.91 Å². The van der Waals surface area contributed by atoms with E-state index in [9.17, 15) is 9.59 Å². The molecule has 2 amide bonds. The van der Waals surface area contributed by atoms with Crippen LogP contribution in [0.3, 0.4) is 0 Å². The van der Waals surface area contributed by atoms with Crippen molar-refractivity contribution in [3.8, 4) is 11.1 Å². The van der Waals surface area contributed by atoms with Crippen molar-refractivity contribution in [3.63, 3.8) is 0 Å². The Labute approximate surface area is 169 Å². The maximum atomic E-state index is 13.3. The van der Waals surface area contributed by atoms with Crippen molar-refractivity contribution < 1.29 is 9.59 Å². The first-order chi connectivity index (χ1) is 14.1.